The van der Waals surface area contributed by atoms with Crippen LogP contribution in [0.3, 0.4) is 0 Å². The molecule has 1 aliphatic heterocycles. The summed E-state index contributed by atoms with van der Waals surface area (Å²) in [6.07, 6.45) is 1.72. The van der Waals surface area contributed by atoms with Gasteiger partial charge in [-0.3, -0.25) is 10.0 Å². The van der Waals surface area contributed by atoms with E-state index in [-0.39, 0.29) is 11.9 Å². The summed E-state index contributed by atoms with van der Waals surface area (Å²) in [5.41, 5.74) is 0.616. The fourth-order valence-corrected chi connectivity index (χ4v) is 0.869. The third-order valence-electron chi connectivity index (χ3n) is 1.42. The van der Waals surface area contributed by atoms with E-state index >= 15 is 0 Å². The van der Waals surface area contributed by atoms with E-state index in [9.17, 15) is 4.79 Å². The highest BCUT2D eigenvalue weighted by Gasteiger charge is 2.24. The molecule has 50 valence electrons. The minimum absolute atomic E-state index is 0.155. The molecule has 0 bridgehead atoms. The van der Waals surface area contributed by atoms with Gasteiger partial charge in [0, 0.05) is 5.57 Å². The molecule has 3 nitrogen and oxygen atoms in total. The van der Waals surface area contributed by atoms with E-state index in [1.165, 1.54) is 0 Å². The second-order valence-electron chi connectivity index (χ2n) is 2.24. The predicted octanol–water partition coefficient (Wildman–Crippen LogP) is 0.553. The van der Waals surface area contributed by atoms with Crippen LogP contribution in [-0.2, 0) is 4.79 Å². The van der Waals surface area contributed by atoms with Crippen molar-refractivity contribution in [1.29, 1.82) is 0 Å². The van der Waals surface area contributed by atoms with Gasteiger partial charge in [0.05, 0.1) is 6.04 Å². The first-order valence-electron chi connectivity index (χ1n) is 2.84. The van der Waals surface area contributed by atoms with Crippen molar-refractivity contribution in [2.24, 2.45) is 0 Å². The molecule has 0 fully saturated rings. The summed E-state index contributed by atoms with van der Waals surface area (Å²) in [4.78, 5) is 10.7. The number of amides is 1. The third kappa shape index (κ3) is 0.833. The lowest BCUT2D eigenvalue weighted by Gasteiger charge is -2.11. The summed E-state index contributed by atoms with van der Waals surface area (Å²) in [6, 6.07) is -0.155. The summed E-state index contributed by atoms with van der Waals surface area (Å²) < 4.78 is 0. The normalized spacial score (nSPS) is 27.0. The maximum absolute atomic E-state index is 10.7. The van der Waals surface area contributed by atoms with Crippen LogP contribution in [0.25, 0.3) is 0 Å². The minimum Gasteiger partial charge on any atom is -0.285 e. The highest BCUT2D eigenvalue weighted by atomic mass is 16.5. The molecule has 0 saturated heterocycles. The fourth-order valence-electron chi connectivity index (χ4n) is 0.869. The quantitative estimate of drug-likeness (QED) is 0.483. The van der Waals surface area contributed by atoms with E-state index in [2.05, 4.69) is 0 Å². The molecule has 9 heavy (non-hydrogen) atoms. The van der Waals surface area contributed by atoms with Crippen LogP contribution in [0.2, 0.25) is 0 Å². The van der Waals surface area contributed by atoms with Gasteiger partial charge >= 0.3 is 0 Å². The van der Waals surface area contributed by atoms with Crippen molar-refractivity contribution in [2.45, 2.75) is 19.9 Å². The maximum atomic E-state index is 10.7. The van der Waals surface area contributed by atoms with Gasteiger partial charge in [-0.25, -0.2) is 5.06 Å². The molecule has 0 spiro atoms. The molecule has 0 saturated carbocycles. The second-order valence-corrected chi connectivity index (χ2v) is 2.24. The Morgan fingerprint density at radius 3 is 2.44 bits per heavy atom. The Kier molecular flexibility index (Phi) is 1.29. The molecule has 1 amide bonds. The number of carbonyl (C=O) groups excluding carboxylic acids is 1. The summed E-state index contributed by atoms with van der Waals surface area (Å²) in [7, 11) is 0. The lowest BCUT2D eigenvalue weighted by atomic mass is 10.3. The van der Waals surface area contributed by atoms with Crippen LogP contribution in [0.4, 0.5) is 0 Å². The summed E-state index contributed by atoms with van der Waals surface area (Å²) >= 11 is 0. The Morgan fingerprint density at radius 2 is 2.33 bits per heavy atom. The Morgan fingerprint density at radius 1 is 1.78 bits per heavy atom. The van der Waals surface area contributed by atoms with Crippen LogP contribution in [0, 0.1) is 0 Å². The molecular weight excluding hydrogens is 118 g/mol. The van der Waals surface area contributed by atoms with Crippen molar-refractivity contribution in [1.82, 2.24) is 5.06 Å². The van der Waals surface area contributed by atoms with Gasteiger partial charge in [0.1, 0.15) is 0 Å². The third-order valence-corrected chi connectivity index (χ3v) is 1.42. The Hall–Kier alpha value is -0.830. The zero-order valence-corrected chi connectivity index (χ0v) is 5.46. The van der Waals surface area contributed by atoms with Crippen LogP contribution in [0.15, 0.2) is 11.6 Å². The average Bonchev–Trinajstić information content (AvgIpc) is 1.98. The Labute approximate surface area is 53.5 Å². The van der Waals surface area contributed by atoms with Gasteiger partial charge in [0.2, 0.25) is 0 Å². The number of hydroxylamine groups is 2. The van der Waals surface area contributed by atoms with E-state index in [1.54, 1.807) is 19.9 Å². The van der Waals surface area contributed by atoms with E-state index < -0.39 is 0 Å². The van der Waals surface area contributed by atoms with Gasteiger partial charge in [0.15, 0.2) is 0 Å². The van der Waals surface area contributed by atoms with Crippen molar-refractivity contribution in [3.8, 4) is 0 Å². The minimum atomic E-state index is -0.289. The largest absolute Gasteiger partial charge is 0.285 e. The first-order chi connectivity index (χ1) is 4.13. The van der Waals surface area contributed by atoms with E-state index in [0.29, 0.717) is 5.57 Å². The topological polar surface area (TPSA) is 40.5 Å². The van der Waals surface area contributed by atoms with E-state index in [0.717, 1.165) is 5.06 Å². The molecule has 1 aliphatic rings. The van der Waals surface area contributed by atoms with Gasteiger partial charge < -0.3 is 0 Å². The highest BCUT2D eigenvalue weighted by Crippen LogP contribution is 2.13. The number of hydrogen-bond donors (Lipinski definition) is 1. The van der Waals surface area contributed by atoms with Gasteiger partial charge in [0.25, 0.3) is 5.91 Å². The second kappa shape index (κ2) is 1.84. The smallest absolute Gasteiger partial charge is 0.273 e. The monoisotopic (exact) mass is 127 g/mol. The molecule has 1 heterocycles. The number of nitrogens with zero attached hydrogens (tertiary/aromatic N) is 1. The lowest BCUT2D eigenvalue weighted by Crippen LogP contribution is -2.28. The highest BCUT2D eigenvalue weighted by molar-refractivity contribution is 5.94. The molecule has 0 aromatic rings. The predicted molar refractivity (Wildman–Crippen MR) is 31.9 cm³/mol. The number of carbonyl (C=O) groups is 1. The molecule has 0 aromatic carbocycles. The summed E-state index contributed by atoms with van der Waals surface area (Å²) in [5, 5.41) is 9.60. The van der Waals surface area contributed by atoms with Crippen molar-refractivity contribution in [2.75, 3.05) is 0 Å². The van der Waals surface area contributed by atoms with Crippen molar-refractivity contribution in [3.05, 3.63) is 11.6 Å². The van der Waals surface area contributed by atoms with Gasteiger partial charge in [-0.1, -0.05) is 6.08 Å². The van der Waals surface area contributed by atoms with Crippen LogP contribution < -0.4 is 0 Å². The molecule has 1 atom stereocenters. The maximum Gasteiger partial charge on any atom is 0.273 e. The molecule has 3 heteroatoms. The van der Waals surface area contributed by atoms with E-state index in [1.807, 2.05) is 0 Å². The molecule has 0 aromatic heterocycles. The number of rotatable bonds is 0. The Bertz CT molecular complexity index is 174. The van der Waals surface area contributed by atoms with Crippen molar-refractivity contribution < 1.29 is 10.0 Å². The molecule has 1 rings (SSSR count). The van der Waals surface area contributed by atoms with Gasteiger partial charge in [-0.15, -0.1) is 0 Å². The van der Waals surface area contributed by atoms with Crippen molar-refractivity contribution >= 4 is 5.91 Å². The van der Waals surface area contributed by atoms with Crippen LogP contribution in [-0.4, -0.2) is 22.2 Å². The summed E-state index contributed by atoms with van der Waals surface area (Å²) in [5.74, 6) is -0.289. The molecular formula is C6H9NO2. The zero-order valence-electron chi connectivity index (χ0n) is 5.46. The van der Waals surface area contributed by atoms with Crippen LogP contribution >= 0.6 is 0 Å². The van der Waals surface area contributed by atoms with Gasteiger partial charge in [-0.05, 0) is 13.8 Å². The molecule has 1 N–H and O–H groups in total. The average molecular weight is 127 g/mol. The van der Waals surface area contributed by atoms with Crippen LogP contribution in [0.5, 0.6) is 0 Å². The van der Waals surface area contributed by atoms with Crippen LogP contribution in [0.1, 0.15) is 13.8 Å². The Balaban J connectivity index is 2.82. The first kappa shape index (κ1) is 6.29. The van der Waals surface area contributed by atoms with E-state index in [4.69, 9.17) is 5.21 Å². The molecule has 1 unspecified atom stereocenters. The lowest BCUT2D eigenvalue weighted by molar-refractivity contribution is -0.161. The van der Waals surface area contributed by atoms with Gasteiger partial charge in [-0.2, -0.15) is 0 Å². The fraction of sp³-hybridized carbons (Fsp3) is 0.500. The number of hydrogen-bond acceptors (Lipinski definition) is 2. The SMILES string of the molecule is CC1=CC(C)N(O)C1=O. The standard InChI is InChI=1S/C6H9NO2/c1-4-3-5(2)7(9)6(4)8/h3,5,9H,1-2H3. The molecule has 0 aliphatic carbocycles. The van der Waals surface area contributed by atoms with Crippen molar-refractivity contribution in [3.63, 3.8) is 0 Å². The molecule has 0 radical (unpaired) electrons. The first-order valence-corrected chi connectivity index (χ1v) is 2.84. The summed E-state index contributed by atoms with van der Waals surface area (Å²) in [6.45, 7) is 3.45. The zero-order chi connectivity index (χ0) is 7.02.